The lowest BCUT2D eigenvalue weighted by Gasteiger charge is -2.40. The van der Waals surface area contributed by atoms with E-state index in [-0.39, 0.29) is 6.04 Å². The molecule has 1 aliphatic heterocycles. The average Bonchev–Trinajstić information content (AvgIpc) is 3.09. The Labute approximate surface area is 103 Å². The highest BCUT2D eigenvalue weighted by molar-refractivity contribution is 5.24. The van der Waals surface area contributed by atoms with Gasteiger partial charge in [0.25, 0.3) is 0 Å². The van der Waals surface area contributed by atoms with Crippen LogP contribution < -0.4 is 5.73 Å². The Morgan fingerprint density at radius 1 is 1.35 bits per heavy atom. The number of hydrogen-bond acceptors (Lipinski definition) is 3. The Bertz CT molecular complexity index is 408. The minimum absolute atomic E-state index is 0.271. The van der Waals surface area contributed by atoms with E-state index in [2.05, 4.69) is 16.9 Å². The maximum absolute atomic E-state index is 6.37. The minimum Gasteiger partial charge on any atom is -0.326 e. The van der Waals surface area contributed by atoms with Gasteiger partial charge in [0.15, 0.2) is 0 Å². The first-order chi connectivity index (χ1) is 8.18. The average molecular weight is 234 g/mol. The highest BCUT2D eigenvalue weighted by Gasteiger charge is 2.40. The van der Waals surface area contributed by atoms with Crippen LogP contribution in [0, 0.1) is 6.92 Å². The Balaban J connectivity index is 1.93. The van der Waals surface area contributed by atoms with E-state index in [0.717, 1.165) is 12.5 Å². The van der Waals surface area contributed by atoms with Crippen LogP contribution in [0.4, 0.5) is 0 Å². The summed E-state index contributed by atoms with van der Waals surface area (Å²) in [4.78, 5) is 2.62. The quantitative estimate of drug-likeness (QED) is 0.840. The highest BCUT2D eigenvalue weighted by atomic mass is 15.3. The van der Waals surface area contributed by atoms with Crippen LogP contribution in [-0.2, 0) is 7.05 Å². The van der Waals surface area contributed by atoms with E-state index in [1.54, 1.807) is 0 Å². The summed E-state index contributed by atoms with van der Waals surface area (Å²) in [5, 5.41) is 4.37. The summed E-state index contributed by atoms with van der Waals surface area (Å²) in [6.45, 7) is 3.35. The molecule has 2 aliphatic rings. The van der Waals surface area contributed by atoms with E-state index in [0.29, 0.717) is 6.04 Å². The van der Waals surface area contributed by atoms with Crippen LogP contribution in [0.5, 0.6) is 0 Å². The molecule has 2 atom stereocenters. The first kappa shape index (κ1) is 11.2. The van der Waals surface area contributed by atoms with Crippen LogP contribution in [0.3, 0.4) is 0 Å². The van der Waals surface area contributed by atoms with Crippen LogP contribution in [0.25, 0.3) is 0 Å². The number of aryl methyl sites for hydroxylation is 1. The van der Waals surface area contributed by atoms with Crippen molar-refractivity contribution in [3.8, 4) is 0 Å². The van der Waals surface area contributed by atoms with Crippen LogP contribution in [0.15, 0.2) is 6.20 Å². The molecule has 0 radical (unpaired) electrons. The van der Waals surface area contributed by atoms with Crippen molar-refractivity contribution in [1.82, 2.24) is 14.7 Å². The van der Waals surface area contributed by atoms with Gasteiger partial charge in [-0.2, -0.15) is 5.10 Å². The van der Waals surface area contributed by atoms with E-state index in [4.69, 9.17) is 5.73 Å². The van der Waals surface area contributed by atoms with E-state index < -0.39 is 0 Å². The van der Waals surface area contributed by atoms with Gasteiger partial charge in [-0.1, -0.05) is 0 Å². The van der Waals surface area contributed by atoms with Crippen LogP contribution in [0.1, 0.15) is 43.0 Å². The maximum Gasteiger partial charge on any atom is 0.0541 e. The summed E-state index contributed by atoms with van der Waals surface area (Å²) in [6.07, 6.45) is 7.10. The van der Waals surface area contributed by atoms with Crippen molar-refractivity contribution in [3.05, 3.63) is 17.5 Å². The Morgan fingerprint density at radius 2 is 2.12 bits per heavy atom. The molecule has 4 nitrogen and oxygen atoms in total. The number of hydrogen-bond donors (Lipinski definition) is 1. The molecule has 0 spiro atoms. The van der Waals surface area contributed by atoms with Crippen molar-refractivity contribution in [2.45, 2.75) is 50.7 Å². The van der Waals surface area contributed by atoms with E-state index >= 15 is 0 Å². The van der Waals surface area contributed by atoms with Crippen molar-refractivity contribution in [2.75, 3.05) is 6.54 Å². The monoisotopic (exact) mass is 234 g/mol. The molecule has 17 heavy (non-hydrogen) atoms. The fraction of sp³-hybridized carbons (Fsp3) is 0.769. The van der Waals surface area contributed by atoms with Gasteiger partial charge < -0.3 is 5.73 Å². The predicted molar refractivity (Wildman–Crippen MR) is 67.6 cm³/mol. The number of piperidine rings is 1. The second-order valence-electron chi connectivity index (χ2n) is 5.53. The minimum atomic E-state index is 0.271. The predicted octanol–water partition coefficient (Wildman–Crippen LogP) is 1.36. The Hall–Kier alpha value is -0.870. The lowest BCUT2D eigenvalue weighted by atomic mass is 9.91. The smallest absolute Gasteiger partial charge is 0.0541 e. The maximum atomic E-state index is 6.37. The first-order valence-corrected chi connectivity index (χ1v) is 6.68. The normalized spacial score (nSPS) is 30.8. The van der Waals surface area contributed by atoms with E-state index in [1.165, 1.54) is 37.1 Å². The van der Waals surface area contributed by atoms with Crippen LogP contribution in [-0.4, -0.2) is 33.3 Å². The molecule has 94 valence electrons. The van der Waals surface area contributed by atoms with Gasteiger partial charge >= 0.3 is 0 Å². The van der Waals surface area contributed by atoms with Crippen molar-refractivity contribution >= 4 is 0 Å². The Morgan fingerprint density at radius 3 is 2.71 bits per heavy atom. The third kappa shape index (κ3) is 1.89. The molecule has 1 saturated heterocycles. The third-order valence-corrected chi connectivity index (χ3v) is 4.32. The molecule has 1 aromatic rings. The summed E-state index contributed by atoms with van der Waals surface area (Å²) in [7, 11) is 2.01. The zero-order valence-electron chi connectivity index (χ0n) is 10.8. The Kier molecular flexibility index (Phi) is 2.71. The zero-order valence-corrected chi connectivity index (χ0v) is 10.8. The molecule has 0 aromatic carbocycles. The largest absolute Gasteiger partial charge is 0.326 e. The molecule has 2 fully saturated rings. The van der Waals surface area contributed by atoms with Crippen molar-refractivity contribution in [2.24, 2.45) is 12.8 Å². The SMILES string of the molecule is Cc1c(C2C(N)CCCN2C2CC2)cnn1C. The van der Waals surface area contributed by atoms with Crippen molar-refractivity contribution < 1.29 is 0 Å². The molecule has 0 amide bonds. The number of nitrogens with two attached hydrogens (primary N) is 1. The number of nitrogens with zero attached hydrogens (tertiary/aromatic N) is 3. The summed E-state index contributed by atoms with van der Waals surface area (Å²) >= 11 is 0. The number of likely N-dealkylation sites (tertiary alicyclic amines) is 1. The summed E-state index contributed by atoms with van der Waals surface area (Å²) in [5.74, 6) is 0. The van der Waals surface area contributed by atoms with Crippen LogP contribution in [0.2, 0.25) is 0 Å². The van der Waals surface area contributed by atoms with Gasteiger partial charge in [0.2, 0.25) is 0 Å². The number of rotatable bonds is 2. The molecule has 2 N–H and O–H groups in total. The topological polar surface area (TPSA) is 47.1 Å². The van der Waals surface area contributed by atoms with Crippen molar-refractivity contribution in [3.63, 3.8) is 0 Å². The molecule has 1 aromatic heterocycles. The zero-order chi connectivity index (χ0) is 12.0. The molecule has 1 saturated carbocycles. The summed E-state index contributed by atoms with van der Waals surface area (Å²) in [5.41, 5.74) is 8.97. The van der Waals surface area contributed by atoms with Crippen molar-refractivity contribution in [1.29, 1.82) is 0 Å². The summed E-state index contributed by atoms with van der Waals surface area (Å²) < 4.78 is 1.96. The second kappa shape index (κ2) is 4.10. The second-order valence-corrected chi connectivity index (χ2v) is 5.53. The number of aromatic nitrogens is 2. The lowest BCUT2D eigenvalue weighted by molar-refractivity contribution is 0.119. The van der Waals surface area contributed by atoms with Gasteiger partial charge in [0.1, 0.15) is 0 Å². The highest BCUT2D eigenvalue weighted by Crippen LogP contribution is 2.39. The van der Waals surface area contributed by atoms with Gasteiger partial charge in [0, 0.05) is 30.4 Å². The third-order valence-electron chi connectivity index (χ3n) is 4.32. The molecule has 3 rings (SSSR count). The summed E-state index contributed by atoms with van der Waals surface area (Å²) in [6, 6.07) is 1.45. The molecular formula is C13H22N4. The van der Waals surface area contributed by atoms with Gasteiger partial charge in [-0.15, -0.1) is 0 Å². The lowest BCUT2D eigenvalue weighted by Crippen LogP contribution is -2.47. The molecule has 0 bridgehead atoms. The first-order valence-electron chi connectivity index (χ1n) is 6.68. The van der Waals surface area contributed by atoms with Gasteiger partial charge in [0.05, 0.1) is 12.2 Å². The molecule has 4 heteroatoms. The van der Waals surface area contributed by atoms with E-state index in [1.807, 2.05) is 17.9 Å². The van der Waals surface area contributed by atoms with Gasteiger partial charge in [-0.05, 0) is 39.2 Å². The molecule has 2 heterocycles. The van der Waals surface area contributed by atoms with Crippen LogP contribution >= 0.6 is 0 Å². The molecule has 1 aliphatic carbocycles. The molecule has 2 unspecified atom stereocenters. The standard InChI is InChI=1S/C13H22N4/c1-9-11(8-15-16(9)2)13-12(14)4-3-7-17(13)10-5-6-10/h8,10,12-13H,3-7,14H2,1-2H3. The fourth-order valence-electron chi connectivity index (χ4n) is 3.08. The van der Waals surface area contributed by atoms with Gasteiger partial charge in [-0.25, -0.2) is 0 Å². The van der Waals surface area contributed by atoms with E-state index in [9.17, 15) is 0 Å². The van der Waals surface area contributed by atoms with Gasteiger partial charge in [-0.3, -0.25) is 9.58 Å². The fourth-order valence-corrected chi connectivity index (χ4v) is 3.08. The molecular weight excluding hydrogens is 212 g/mol.